The van der Waals surface area contributed by atoms with Crippen LogP contribution < -0.4 is 10.4 Å². The van der Waals surface area contributed by atoms with Crippen molar-refractivity contribution in [1.29, 1.82) is 0 Å². The van der Waals surface area contributed by atoms with Crippen LogP contribution in [0.1, 0.15) is 49.0 Å². The van der Waals surface area contributed by atoms with Gasteiger partial charge in [-0.05, 0) is 57.9 Å². The number of likely N-dealkylation sites (tertiary alicyclic amines) is 1. The van der Waals surface area contributed by atoms with E-state index in [2.05, 4.69) is 11.8 Å². The Bertz CT molecular complexity index is 846. The molecule has 6 heteroatoms. The van der Waals surface area contributed by atoms with Crippen molar-refractivity contribution in [2.45, 2.75) is 46.1 Å². The summed E-state index contributed by atoms with van der Waals surface area (Å²) in [6.45, 7) is 7.97. The normalized spacial score (nSPS) is 17.7. The summed E-state index contributed by atoms with van der Waals surface area (Å²) >= 11 is 0. The highest BCUT2D eigenvalue weighted by atomic mass is 35.5. The van der Waals surface area contributed by atoms with Crippen molar-refractivity contribution < 1.29 is 13.9 Å². The lowest BCUT2D eigenvalue weighted by molar-refractivity contribution is 0.101. The Morgan fingerprint density at radius 2 is 2.12 bits per heavy atom. The SMILES string of the molecule is CC(=O)c1c(OCCN2CCCCC2C)ccc2c(C)cc(=O)oc12.Cl. The number of nitrogens with zero attached hydrogens (tertiary/aromatic N) is 1. The van der Waals surface area contributed by atoms with E-state index in [4.69, 9.17) is 9.15 Å². The van der Waals surface area contributed by atoms with E-state index >= 15 is 0 Å². The molecule has 0 bridgehead atoms. The standard InChI is InChI=1S/C20H25NO4.ClH/c1-13-12-18(23)25-20-16(13)7-8-17(19(20)15(3)22)24-11-10-21-9-5-4-6-14(21)2;/h7-8,12,14H,4-6,9-11H2,1-3H3;1H. The maximum atomic E-state index is 12.2. The van der Waals surface area contributed by atoms with Gasteiger partial charge in [-0.2, -0.15) is 0 Å². The second-order valence-corrected chi connectivity index (χ2v) is 6.85. The van der Waals surface area contributed by atoms with Crippen molar-refractivity contribution in [3.63, 3.8) is 0 Å². The first-order valence-corrected chi connectivity index (χ1v) is 8.92. The first-order chi connectivity index (χ1) is 12.0. The molecule has 1 saturated heterocycles. The average Bonchev–Trinajstić information content (AvgIpc) is 2.55. The number of hydrogen-bond acceptors (Lipinski definition) is 5. The third-order valence-electron chi connectivity index (χ3n) is 5.01. The van der Waals surface area contributed by atoms with Gasteiger partial charge in [-0.15, -0.1) is 12.4 Å². The van der Waals surface area contributed by atoms with Crippen LogP contribution in [0.5, 0.6) is 5.75 Å². The van der Waals surface area contributed by atoms with E-state index in [0.717, 1.165) is 24.0 Å². The minimum Gasteiger partial charge on any atom is -0.491 e. The number of carbonyl (C=O) groups is 1. The summed E-state index contributed by atoms with van der Waals surface area (Å²) in [5.41, 5.74) is 1.01. The van der Waals surface area contributed by atoms with Gasteiger partial charge in [-0.1, -0.05) is 6.42 Å². The summed E-state index contributed by atoms with van der Waals surface area (Å²) in [6.07, 6.45) is 3.73. The molecule has 1 aliphatic heterocycles. The summed E-state index contributed by atoms with van der Waals surface area (Å²) in [5, 5.41) is 0.766. The van der Waals surface area contributed by atoms with Crippen molar-refractivity contribution in [1.82, 2.24) is 4.90 Å². The summed E-state index contributed by atoms with van der Waals surface area (Å²) in [5.74, 6) is 0.319. The molecule has 1 unspecified atom stereocenters. The number of aryl methyl sites for hydroxylation is 1. The van der Waals surface area contributed by atoms with Crippen molar-refractivity contribution in [3.8, 4) is 5.75 Å². The largest absolute Gasteiger partial charge is 0.491 e. The molecule has 0 spiro atoms. The van der Waals surface area contributed by atoms with Crippen LogP contribution in [0, 0.1) is 6.92 Å². The molecular formula is C20H26ClNO4. The molecule has 1 aliphatic rings. The fraction of sp³-hybridized carbons (Fsp3) is 0.500. The van der Waals surface area contributed by atoms with Crippen molar-refractivity contribution in [3.05, 3.63) is 39.7 Å². The zero-order valence-corrected chi connectivity index (χ0v) is 16.4. The second kappa shape index (κ2) is 8.69. The lowest BCUT2D eigenvalue weighted by Gasteiger charge is -2.33. The van der Waals surface area contributed by atoms with Crippen LogP contribution in [0.3, 0.4) is 0 Å². The fourth-order valence-electron chi connectivity index (χ4n) is 3.58. The first kappa shape index (κ1) is 20.5. The van der Waals surface area contributed by atoms with Gasteiger partial charge in [-0.25, -0.2) is 4.79 Å². The van der Waals surface area contributed by atoms with E-state index in [9.17, 15) is 9.59 Å². The van der Waals surface area contributed by atoms with Crippen molar-refractivity contribution in [2.24, 2.45) is 0 Å². The van der Waals surface area contributed by atoms with Crippen LogP contribution in [-0.4, -0.2) is 36.4 Å². The number of hydrogen-bond donors (Lipinski definition) is 0. The molecular weight excluding hydrogens is 354 g/mol. The van der Waals surface area contributed by atoms with E-state index in [-0.39, 0.29) is 18.2 Å². The molecule has 0 amide bonds. The molecule has 0 radical (unpaired) electrons. The molecule has 0 saturated carbocycles. The number of carbonyl (C=O) groups excluding carboxylic acids is 1. The minimum absolute atomic E-state index is 0. The van der Waals surface area contributed by atoms with E-state index in [0.29, 0.717) is 29.5 Å². The van der Waals surface area contributed by atoms with Crippen LogP contribution in [-0.2, 0) is 0 Å². The third kappa shape index (κ3) is 4.27. The van der Waals surface area contributed by atoms with E-state index in [1.165, 1.54) is 32.3 Å². The highest BCUT2D eigenvalue weighted by Crippen LogP contribution is 2.29. The van der Waals surface area contributed by atoms with Crippen LogP contribution in [0.2, 0.25) is 0 Å². The summed E-state index contributed by atoms with van der Waals surface area (Å²) in [4.78, 5) is 26.3. The predicted octanol–water partition coefficient (Wildman–Crippen LogP) is 3.98. The Hall–Kier alpha value is -1.85. The van der Waals surface area contributed by atoms with Gasteiger partial charge in [0, 0.05) is 24.0 Å². The highest BCUT2D eigenvalue weighted by Gasteiger charge is 2.20. The Balaban J connectivity index is 0.00000243. The van der Waals surface area contributed by atoms with Crippen molar-refractivity contribution >= 4 is 29.2 Å². The zero-order valence-electron chi connectivity index (χ0n) is 15.5. The number of piperidine rings is 1. The van der Waals surface area contributed by atoms with E-state index in [1.807, 2.05) is 13.0 Å². The third-order valence-corrected chi connectivity index (χ3v) is 5.01. The van der Waals surface area contributed by atoms with Crippen LogP contribution in [0.4, 0.5) is 0 Å². The summed E-state index contributed by atoms with van der Waals surface area (Å²) in [7, 11) is 0. The molecule has 3 rings (SSSR count). The first-order valence-electron chi connectivity index (χ1n) is 8.92. The molecule has 0 aliphatic carbocycles. The van der Waals surface area contributed by atoms with Gasteiger partial charge in [0.1, 0.15) is 17.9 Å². The number of rotatable bonds is 5. The lowest BCUT2D eigenvalue weighted by Crippen LogP contribution is -2.39. The predicted molar refractivity (Wildman–Crippen MR) is 105 cm³/mol. The van der Waals surface area contributed by atoms with Gasteiger partial charge >= 0.3 is 5.63 Å². The smallest absolute Gasteiger partial charge is 0.336 e. The molecule has 1 fully saturated rings. The number of halogens is 1. The lowest BCUT2D eigenvalue weighted by atomic mass is 10.0. The maximum absolute atomic E-state index is 12.2. The van der Waals surface area contributed by atoms with E-state index in [1.54, 1.807) is 6.07 Å². The molecule has 2 heterocycles. The number of ketones is 1. The topological polar surface area (TPSA) is 59.8 Å². The van der Waals surface area contributed by atoms with Gasteiger partial charge < -0.3 is 9.15 Å². The minimum atomic E-state index is -0.452. The van der Waals surface area contributed by atoms with Gasteiger partial charge in [-0.3, -0.25) is 9.69 Å². The monoisotopic (exact) mass is 379 g/mol. The number of ether oxygens (including phenoxy) is 1. The number of Topliss-reactive ketones (excluding diaryl/α,β-unsaturated/α-hetero) is 1. The maximum Gasteiger partial charge on any atom is 0.336 e. The second-order valence-electron chi connectivity index (χ2n) is 6.85. The molecule has 142 valence electrons. The van der Waals surface area contributed by atoms with Crippen LogP contribution >= 0.6 is 12.4 Å². The average molecular weight is 380 g/mol. The molecule has 1 atom stereocenters. The summed E-state index contributed by atoms with van der Waals surface area (Å²) < 4.78 is 11.2. The molecule has 0 N–H and O–H groups in total. The van der Waals surface area contributed by atoms with Gasteiger partial charge in [0.05, 0.1) is 0 Å². The Morgan fingerprint density at radius 3 is 2.81 bits per heavy atom. The molecule has 26 heavy (non-hydrogen) atoms. The van der Waals surface area contributed by atoms with Gasteiger partial charge in [0.2, 0.25) is 0 Å². The highest BCUT2D eigenvalue weighted by molar-refractivity contribution is 6.07. The number of benzene rings is 1. The molecule has 1 aromatic carbocycles. The zero-order chi connectivity index (χ0) is 18.0. The fourth-order valence-corrected chi connectivity index (χ4v) is 3.58. The Labute approximate surface area is 159 Å². The number of fused-ring (bicyclic) bond motifs is 1. The van der Waals surface area contributed by atoms with Crippen molar-refractivity contribution in [2.75, 3.05) is 19.7 Å². The Kier molecular flexibility index (Phi) is 6.84. The van der Waals surface area contributed by atoms with Gasteiger partial charge in [0.25, 0.3) is 0 Å². The molecule has 5 nitrogen and oxygen atoms in total. The van der Waals surface area contributed by atoms with Crippen LogP contribution in [0.15, 0.2) is 27.4 Å². The van der Waals surface area contributed by atoms with E-state index < -0.39 is 5.63 Å². The summed E-state index contributed by atoms with van der Waals surface area (Å²) in [6, 6.07) is 5.65. The molecule has 2 aromatic rings. The Morgan fingerprint density at radius 1 is 1.35 bits per heavy atom. The molecule has 1 aromatic heterocycles. The van der Waals surface area contributed by atoms with Gasteiger partial charge in [0.15, 0.2) is 11.4 Å². The van der Waals surface area contributed by atoms with Crippen LogP contribution in [0.25, 0.3) is 11.0 Å². The quantitative estimate of drug-likeness (QED) is 0.581.